The molecule has 5 nitrogen and oxygen atoms in total. The van der Waals surface area contributed by atoms with Crippen molar-refractivity contribution in [1.82, 2.24) is 10.2 Å². The number of benzene rings is 1. The lowest BCUT2D eigenvalue weighted by Gasteiger charge is -2.29. The molecule has 3 amide bonds. The largest absolute Gasteiger partial charge is 0.344 e. The van der Waals surface area contributed by atoms with Gasteiger partial charge in [0.2, 0.25) is 5.91 Å². The number of piperidine rings is 1. The van der Waals surface area contributed by atoms with E-state index in [9.17, 15) is 9.59 Å². The molecule has 2 N–H and O–H groups in total. The zero-order valence-electron chi connectivity index (χ0n) is 12.6. The zero-order chi connectivity index (χ0) is 15.7. The lowest BCUT2D eigenvalue weighted by atomic mass is 10.1. The van der Waals surface area contributed by atoms with Gasteiger partial charge in [-0.1, -0.05) is 11.6 Å². The highest BCUT2D eigenvalue weighted by atomic mass is 35.5. The molecule has 3 rings (SSSR count). The summed E-state index contributed by atoms with van der Waals surface area (Å²) in [5, 5.41) is 6.06. The van der Waals surface area contributed by atoms with Crippen LogP contribution in [0.3, 0.4) is 0 Å². The van der Waals surface area contributed by atoms with Crippen molar-refractivity contribution in [2.45, 2.75) is 38.1 Å². The minimum atomic E-state index is -0.452. The van der Waals surface area contributed by atoms with E-state index in [1.54, 1.807) is 11.9 Å². The molecule has 1 atom stereocenters. The Kier molecular flexibility index (Phi) is 4.25. The average molecular weight is 322 g/mol. The smallest absolute Gasteiger partial charge is 0.319 e. The van der Waals surface area contributed by atoms with Gasteiger partial charge in [-0.3, -0.25) is 4.79 Å². The van der Waals surface area contributed by atoms with Crippen LogP contribution < -0.4 is 10.6 Å². The maximum Gasteiger partial charge on any atom is 0.319 e. The Balaban J connectivity index is 1.66. The van der Waals surface area contributed by atoms with Gasteiger partial charge in [0.15, 0.2) is 0 Å². The van der Waals surface area contributed by atoms with Crippen molar-refractivity contribution < 1.29 is 9.59 Å². The van der Waals surface area contributed by atoms with Crippen molar-refractivity contribution in [3.8, 4) is 0 Å². The molecule has 1 aliphatic heterocycles. The van der Waals surface area contributed by atoms with Gasteiger partial charge in [-0.15, -0.1) is 0 Å². The fourth-order valence-electron chi connectivity index (χ4n) is 3.17. The first kappa shape index (κ1) is 15.2. The number of aryl methyl sites for hydroxylation is 2. The van der Waals surface area contributed by atoms with Crippen molar-refractivity contribution in [3.05, 3.63) is 28.3 Å². The molecule has 0 bridgehead atoms. The van der Waals surface area contributed by atoms with Gasteiger partial charge < -0.3 is 15.5 Å². The van der Waals surface area contributed by atoms with Crippen LogP contribution in [0.4, 0.5) is 10.5 Å². The first-order chi connectivity index (χ1) is 10.5. The summed E-state index contributed by atoms with van der Waals surface area (Å²) in [5.41, 5.74) is 3.12. The number of carbonyl (C=O) groups excluding carboxylic acids is 2. The van der Waals surface area contributed by atoms with Crippen LogP contribution >= 0.6 is 11.6 Å². The van der Waals surface area contributed by atoms with E-state index in [0.717, 1.165) is 32.2 Å². The van der Waals surface area contributed by atoms with Crippen LogP contribution in [0.15, 0.2) is 12.1 Å². The van der Waals surface area contributed by atoms with E-state index in [-0.39, 0.29) is 11.9 Å². The van der Waals surface area contributed by atoms with Crippen LogP contribution in [0.5, 0.6) is 0 Å². The number of halogens is 1. The van der Waals surface area contributed by atoms with Gasteiger partial charge in [-0.05, 0) is 55.4 Å². The Morgan fingerprint density at radius 3 is 2.77 bits per heavy atom. The predicted octanol–water partition coefficient (Wildman–Crippen LogP) is 2.57. The lowest BCUT2D eigenvalue weighted by Crippen LogP contribution is -2.51. The minimum Gasteiger partial charge on any atom is -0.344 e. The van der Waals surface area contributed by atoms with Crippen molar-refractivity contribution in [2.75, 3.05) is 18.9 Å². The van der Waals surface area contributed by atoms with E-state index in [2.05, 4.69) is 10.6 Å². The van der Waals surface area contributed by atoms with Gasteiger partial charge >= 0.3 is 6.03 Å². The van der Waals surface area contributed by atoms with Crippen LogP contribution in [-0.4, -0.2) is 36.5 Å². The summed E-state index contributed by atoms with van der Waals surface area (Å²) >= 11 is 6.23. The molecule has 1 fully saturated rings. The number of fused-ring (bicyclic) bond motifs is 1. The van der Waals surface area contributed by atoms with Gasteiger partial charge in [0.1, 0.15) is 6.04 Å². The van der Waals surface area contributed by atoms with Crippen LogP contribution in [0.2, 0.25) is 5.02 Å². The standard InChI is InChI=1S/C16H20ClN3O2/c1-20-7-3-6-13(15(20)21)18-16(22)19-14-9-11-5-2-4-10(11)8-12(14)17/h8-9,13H,2-7H2,1H3,(H2,18,19,22). The summed E-state index contributed by atoms with van der Waals surface area (Å²) in [6, 6.07) is 3.04. The molecule has 1 heterocycles. The summed E-state index contributed by atoms with van der Waals surface area (Å²) in [5.74, 6) is -0.0403. The van der Waals surface area contributed by atoms with E-state index < -0.39 is 6.04 Å². The number of hydrogen-bond acceptors (Lipinski definition) is 2. The fourth-order valence-corrected chi connectivity index (χ4v) is 3.41. The SMILES string of the molecule is CN1CCCC(NC(=O)Nc2cc3c(cc2Cl)CCC3)C1=O. The summed E-state index contributed by atoms with van der Waals surface area (Å²) in [4.78, 5) is 25.8. The summed E-state index contributed by atoms with van der Waals surface area (Å²) in [6.45, 7) is 0.745. The number of amides is 3. The van der Waals surface area contributed by atoms with E-state index in [4.69, 9.17) is 11.6 Å². The second-order valence-electron chi connectivity index (χ2n) is 6.01. The molecule has 0 spiro atoms. The van der Waals surface area contributed by atoms with Crippen LogP contribution in [0.25, 0.3) is 0 Å². The third kappa shape index (κ3) is 3.04. The fraction of sp³-hybridized carbons (Fsp3) is 0.500. The Morgan fingerprint density at radius 1 is 1.27 bits per heavy atom. The highest BCUT2D eigenvalue weighted by Crippen LogP contribution is 2.31. The second-order valence-corrected chi connectivity index (χ2v) is 6.41. The van der Waals surface area contributed by atoms with Gasteiger partial charge in [-0.25, -0.2) is 4.79 Å². The summed E-state index contributed by atoms with van der Waals surface area (Å²) < 4.78 is 0. The van der Waals surface area contributed by atoms with Crippen molar-refractivity contribution in [2.24, 2.45) is 0 Å². The van der Waals surface area contributed by atoms with Gasteiger partial charge in [0, 0.05) is 13.6 Å². The molecule has 1 unspecified atom stereocenters. The summed E-state index contributed by atoms with van der Waals surface area (Å²) in [6.07, 6.45) is 4.77. The van der Waals surface area contributed by atoms with Crippen molar-refractivity contribution in [3.63, 3.8) is 0 Å². The number of nitrogens with one attached hydrogen (secondary N) is 2. The molecule has 0 radical (unpaired) electrons. The van der Waals surface area contributed by atoms with Crippen LogP contribution in [0.1, 0.15) is 30.4 Å². The second kappa shape index (κ2) is 6.16. The molecule has 6 heteroatoms. The molecule has 1 aromatic rings. The molecule has 2 aliphatic rings. The number of rotatable bonds is 2. The Labute approximate surface area is 135 Å². The lowest BCUT2D eigenvalue weighted by molar-refractivity contribution is -0.134. The molecule has 1 aromatic carbocycles. The van der Waals surface area contributed by atoms with E-state index in [1.165, 1.54) is 11.1 Å². The maximum absolute atomic E-state index is 12.1. The Morgan fingerprint density at radius 2 is 2.00 bits per heavy atom. The number of carbonyl (C=O) groups is 2. The molecule has 22 heavy (non-hydrogen) atoms. The van der Waals surface area contributed by atoms with Crippen molar-refractivity contribution >= 4 is 29.2 Å². The average Bonchev–Trinajstić information content (AvgIpc) is 2.91. The molecule has 0 aromatic heterocycles. The molecule has 1 aliphatic carbocycles. The molecule has 1 saturated heterocycles. The number of anilines is 1. The summed E-state index contributed by atoms with van der Waals surface area (Å²) in [7, 11) is 1.76. The molecular formula is C16H20ClN3O2. The highest BCUT2D eigenvalue weighted by molar-refractivity contribution is 6.33. The third-order valence-electron chi connectivity index (χ3n) is 4.40. The van der Waals surface area contributed by atoms with Gasteiger partial charge in [0.05, 0.1) is 10.7 Å². The molecule has 0 saturated carbocycles. The van der Waals surface area contributed by atoms with E-state index >= 15 is 0 Å². The Hall–Kier alpha value is -1.75. The van der Waals surface area contributed by atoms with Crippen LogP contribution in [-0.2, 0) is 17.6 Å². The topological polar surface area (TPSA) is 61.4 Å². The zero-order valence-corrected chi connectivity index (χ0v) is 13.4. The monoisotopic (exact) mass is 321 g/mol. The molecule has 118 valence electrons. The van der Waals surface area contributed by atoms with Gasteiger partial charge in [-0.2, -0.15) is 0 Å². The number of hydrogen-bond donors (Lipinski definition) is 2. The number of likely N-dealkylation sites (N-methyl/N-ethyl adjacent to an activating group) is 1. The van der Waals surface area contributed by atoms with Gasteiger partial charge in [0.25, 0.3) is 0 Å². The van der Waals surface area contributed by atoms with E-state index in [0.29, 0.717) is 17.1 Å². The maximum atomic E-state index is 12.1. The molecular weight excluding hydrogens is 302 g/mol. The Bertz CT molecular complexity index is 618. The number of likely N-dealkylation sites (tertiary alicyclic amines) is 1. The highest BCUT2D eigenvalue weighted by Gasteiger charge is 2.27. The first-order valence-electron chi connectivity index (χ1n) is 7.68. The van der Waals surface area contributed by atoms with Crippen molar-refractivity contribution in [1.29, 1.82) is 0 Å². The number of urea groups is 1. The first-order valence-corrected chi connectivity index (χ1v) is 8.06. The van der Waals surface area contributed by atoms with Crippen LogP contribution in [0, 0.1) is 0 Å². The third-order valence-corrected chi connectivity index (χ3v) is 4.71. The normalized spacial score (nSPS) is 20.7. The minimum absolute atomic E-state index is 0.0403. The van der Waals surface area contributed by atoms with E-state index in [1.807, 2.05) is 12.1 Å². The number of nitrogens with zero attached hydrogens (tertiary/aromatic N) is 1. The quantitative estimate of drug-likeness (QED) is 0.879. The predicted molar refractivity (Wildman–Crippen MR) is 86.3 cm³/mol.